The van der Waals surface area contributed by atoms with Gasteiger partial charge in [-0.15, -0.1) is 0 Å². The van der Waals surface area contributed by atoms with Gasteiger partial charge in [0.1, 0.15) is 0 Å². The van der Waals surface area contributed by atoms with Crippen LogP contribution in [0.25, 0.3) is 0 Å². The van der Waals surface area contributed by atoms with Crippen LogP contribution in [0.5, 0.6) is 0 Å². The number of halogens is 2. The molecule has 80 valence electrons. The van der Waals surface area contributed by atoms with E-state index in [1.165, 1.54) is 0 Å². The zero-order valence-corrected chi connectivity index (χ0v) is 11.4. The molecule has 0 unspecified atom stereocenters. The highest BCUT2D eigenvalue weighted by molar-refractivity contribution is 9.11. The summed E-state index contributed by atoms with van der Waals surface area (Å²) in [5.41, 5.74) is 0.280. The van der Waals surface area contributed by atoms with Crippen LogP contribution in [0.3, 0.4) is 0 Å². The third-order valence-corrected chi connectivity index (χ3v) is 5.37. The van der Waals surface area contributed by atoms with Gasteiger partial charge in [0.05, 0.1) is 10.6 Å². The monoisotopic (exact) mass is 352 g/mol. The standard InChI is InChI=1S/C9H6Br2O3S/c10-5-3-6-8(12)1-2-15(13,14)9(6)7(11)4-5/h3-4H,1-2H2. The van der Waals surface area contributed by atoms with Gasteiger partial charge < -0.3 is 0 Å². The van der Waals surface area contributed by atoms with E-state index in [1.54, 1.807) is 12.1 Å². The molecule has 0 fully saturated rings. The number of carbonyl (C=O) groups is 1. The van der Waals surface area contributed by atoms with Crippen LogP contribution in [0, 0.1) is 0 Å². The molecular formula is C9H6Br2O3S. The highest BCUT2D eigenvalue weighted by Gasteiger charge is 2.31. The summed E-state index contributed by atoms with van der Waals surface area (Å²) in [6, 6.07) is 3.19. The van der Waals surface area contributed by atoms with Crippen LogP contribution in [0.15, 0.2) is 26.0 Å². The molecule has 0 saturated heterocycles. The Kier molecular flexibility index (Phi) is 2.77. The maximum atomic E-state index is 11.8. The quantitative estimate of drug-likeness (QED) is 0.720. The van der Waals surface area contributed by atoms with E-state index in [1.807, 2.05) is 0 Å². The van der Waals surface area contributed by atoms with Crippen LogP contribution in [0.1, 0.15) is 16.8 Å². The van der Waals surface area contributed by atoms with Crippen molar-refractivity contribution < 1.29 is 13.2 Å². The predicted molar refractivity (Wildman–Crippen MR) is 62.8 cm³/mol. The van der Waals surface area contributed by atoms with E-state index in [-0.39, 0.29) is 28.4 Å². The van der Waals surface area contributed by atoms with E-state index in [2.05, 4.69) is 31.9 Å². The fourth-order valence-electron chi connectivity index (χ4n) is 1.55. The second-order valence-electron chi connectivity index (χ2n) is 3.26. The van der Waals surface area contributed by atoms with Crippen molar-refractivity contribution in [3.8, 4) is 0 Å². The summed E-state index contributed by atoms with van der Waals surface area (Å²) in [5, 5.41) is 0. The number of benzene rings is 1. The van der Waals surface area contributed by atoms with Gasteiger partial charge in [-0.1, -0.05) is 15.9 Å². The number of rotatable bonds is 0. The molecule has 1 aromatic carbocycles. The Hall–Kier alpha value is -0.200. The van der Waals surface area contributed by atoms with Gasteiger partial charge in [0.25, 0.3) is 0 Å². The largest absolute Gasteiger partial charge is 0.294 e. The van der Waals surface area contributed by atoms with Crippen LogP contribution in [-0.2, 0) is 9.84 Å². The molecule has 0 spiro atoms. The number of Topliss-reactive ketones (excluding diaryl/α,β-unsaturated/α-hetero) is 1. The number of fused-ring (bicyclic) bond motifs is 1. The molecule has 0 N–H and O–H groups in total. The number of hydrogen-bond acceptors (Lipinski definition) is 3. The minimum Gasteiger partial charge on any atom is -0.294 e. The van der Waals surface area contributed by atoms with E-state index in [4.69, 9.17) is 0 Å². The van der Waals surface area contributed by atoms with Crippen molar-refractivity contribution in [3.05, 3.63) is 26.6 Å². The zero-order valence-electron chi connectivity index (χ0n) is 7.46. The Morgan fingerprint density at radius 3 is 2.53 bits per heavy atom. The number of sulfone groups is 1. The molecule has 0 aliphatic carbocycles. The van der Waals surface area contributed by atoms with Crippen molar-refractivity contribution in [1.29, 1.82) is 0 Å². The minimum absolute atomic E-state index is 0.0677. The van der Waals surface area contributed by atoms with Gasteiger partial charge >= 0.3 is 0 Å². The van der Waals surface area contributed by atoms with E-state index >= 15 is 0 Å². The predicted octanol–water partition coefficient (Wildman–Crippen LogP) is 2.57. The second-order valence-corrected chi connectivity index (χ2v) is 7.07. The Bertz CT molecular complexity index is 549. The highest BCUT2D eigenvalue weighted by Crippen LogP contribution is 2.34. The lowest BCUT2D eigenvalue weighted by molar-refractivity contribution is 0.0982. The van der Waals surface area contributed by atoms with Gasteiger partial charge in [-0.05, 0) is 28.1 Å². The first-order valence-corrected chi connectivity index (χ1v) is 7.40. The van der Waals surface area contributed by atoms with Gasteiger partial charge in [-0.25, -0.2) is 8.42 Å². The lowest BCUT2D eigenvalue weighted by atomic mass is 10.1. The number of carbonyl (C=O) groups excluding carboxylic acids is 1. The Morgan fingerprint density at radius 2 is 1.87 bits per heavy atom. The first kappa shape index (κ1) is 11.3. The lowest BCUT2D eigenvalue weighted by Crippen LogP contribution is -2.21. The first-order chi connectivity index (χ1) is 6.92. The SMILES string of the molecule is O=C1CCS(=O)(=O)c2c(Br)cc(Br)cc21. The molecule has 6 heteroatoms. The number of hydrogen-bond donors (Lipinski definition) is 0. The van der Waals surface area contributed by atoms with Crippen molar-refractivity contribution >= 4 is 47.5 Å². The molecule has 1 aliphatic heterocycles. The fraction of sp³-hybridized carbons (Fsp3) is 0.222. The Balaban J connectivity index is 2.85. The molecule has 1 aliphatic rings. The van der Waals surface area contributed by atoms with E-state index < -0.39 is 9.84 Å². The van der Waals surface area contributed by atoms with E-state index in [9.17, 15) is 13.2 Å². The fourth-order valence-corrected chi connectivity index (χ4v) is 5.03. The van der Waals surface area contributed by atoms with Crippen molar-refractivity contribution in [2.45, 2.75) is 11.3 Å². The lowest BCUT2D eigenvalue weighted by Gasteiger charge is -2.16. The smallest absolute Gasteiger partial charge is 0.180 e. The molecule has 3 nitrogen and oxygen atoms in total. The van der Waals surface area contributed by atoms with Gasteiger partial charge in [-0.3, -0.25) is 4.79 Å². The Labute approximate surface area is 104 Å². The van der Waals surface area contributed by atoms with Crippen LogP contribution in [0.4, 0.5) is 0 Å². The molecule has 0 bridgehead atoms. The van der Waals surface area contributed by atoms with Gasteiger partial charge in [0, 0.05) is 20.9 Å². The molecule has 0 aromatic heterocycles. The normalized spacial score (nSPS) is 18.7. The molecular weight excluding hydrogens is 348 g/mol. The van der Waals surface area contributed by atoms with E-state index in [0.29, 0.717) is 8.95 Å². The van der Waals surface area contributed by atoms with Crippen molar-refractivity contribution in [3.63, 3.8) is 0 Å². The molecule has 2 rings (SSSR count). The summed E-state index contributed by atoms with van der Waals surface area (Å²) >= 11 is 6.40. The molecule has 1 aromatic rings. The summed E-state index contributed by atoms with van der Waals surface area (Å²) in [6.07, 6.45) is 0.0677. The molecule has 0 atom stereocenters. The summed E-state index contributed by atoms with van der Waals surface area (Å²) in [7, 11) is -3.31. The summed E-state index contributed by atoms with van der Waals surface area (Å²) in [6.45, 7) is 0. The van der Waals surface area contributed by atoms with Gasteiger partial charge in [-0.2, -0.15) is 0 Å². The molecule has 0 radical (unpaired) electrons. The topological polar surface area (TPSA) is 51.2 Å². The summed E-state index contributed by atoms with van der Waals surface area (Å²) < 4.78 is 24.6. The third-order valence-electron chi connectivity index (χ3n) is 2.22. The summed E-state index contributed by atoms with van der Waals surface area (Å²) in [5.74, 6) is -0.221. The average Bonchev–Trinajstić information content (AvgIpc) is 2.10. The zero-order chi connectivity index (χ0) is 11.2. The molecule has 15 heavy (non-hydrogen) atoms. The van der Waals surface area contributed by atoms with Crippen LogP contribution in [-0.4, -0.2) is 20.0 Å². The number of ketones is 1. The first-order valence-electron chi connectivity index (χ1n) is 4.17. The molecule has 0 saturated carbocycles. The van der Waals surface area contributed by atoms with Crippen molar-refractivity contribution in [2.75, 3.05) is 5.75 Å². The highest BCUT2D eigenvalue weighted by atomic mass is 79.9. The van der Waals surface area contributed by atoms with Crippen molar-refractivity contribution in [1.82, 2.24) is 0 Å². The van der Waals surface area contributed by atoms with Gasteiger partial charge in [0.2, 0.25) is 0 Å². The van der Waals surface area contributed by atoms with Crippen LogP contribution in [0.2, 0.25) is 0 Å². The van der Waals surface area contributed by atoms with Crippen molar-refractivity contribution in [2.24, 2.45) is 0 Å². The van der Waals surface area contributed by atoms with Crippen LogP contribution < -0.4 is 0 Å². The Morgan fingerprint density at radius 1 is 1.20 bits per heavy atom. The maximum Gasteiger partial charge on any atom is 0.180 e. The second kappa shape index (κ2) is 3.68. The van der Waals surface area contributed by atoms with E-state index in [0.717, 1.165) is 0 Å². The summed E-state index contributed by atoms with van der Waals surface area (Å²) in [4.78, 5) is 11.7. The maximum absolute atomic E-state index is 11.8. The third kappa shape index (κ3) is 1.90. The average molecular weight is 354 g/mol. The van der Waals surface area contributed by atoms with Crippen LogP contribution >= 0.6 is 31.9 Å². The minimum atomic E-state index is -3.31. The molecule has 1 heterocycles. The molecule has 0 amide bonds. The van der Waals surface area contributed by atoms with Gasteiger partial charge in [0.15, 0.2) is 15.6 Å².